The topological polar surface area (TPSA) is 55.1 Å². The average Bonchev–Trinajstić information content (AvgIpc) is 2.43. The maximum atomic E-state index is 13.4. The summed E-state index contributed by atoms with van der Waals surface area (Å²) < 4.78 is 26.1. The zero-order valence-electron chi connectivity index (χ0n) is 10.7. The van der Waals surface area contributed by atoms with Crippen LogP contribution < -0.4 is 11.1 Å². The van der Waals surface area contributed by atoms with Gasteiger partial charge in [0.05, 0.1) is 22.2 Å². The molecule has 0 spiro atoms. The lowest BCUT2D eigenvalue weighted by atomic mass is 10.3. The van der Waals surface area contributed by atoms with Crippen molar-refractivity contribution in [1.82, 2.24) is 0 Å². The van der Waals surface area contributed by atoms with Crippen molar-refractivity contribution in [3.05, 3.63) is 53.1 Å². The number of nitrogen functional groups attached to an aromatic ring is 1. The number of halogens is 3. The van der Waals surface area contributed by atoms with Crippen molar-refractivity contribution < 1.29 is 13.6 Å². The normalized spacial score (nSPS) is 10.4. The van der Waals surface area contributed by atoms with Gasteiger partial charge < -0.3 is 11.1 Å². The number of thioether (sulfide) groups is 1. The van der Waals surface area contributed by atoms with Gasteiger partial charge in [-0.25, -0.2) is 8.78 Å². The second kappa shape index (κ2) is 6.78. The number of nitrogens with two attached hydrogens (primary N) is 1. The highest BCUT2D eigenvalue weighted by molar-refractivity contribution is 8.00. The van der Waals surface area contributed by atoms with Gasteiger partial charge in [-0.2, -0.15) is 0 Å². The first kappa shape index (κ1) is 15.6. The molecule has 0 saturated heterocycles. The van der Waals surface area contributed by atoms with Gasteiger partial charge >= 0.3 is 0 Å². The highest BCUT2D eigenvalue weighted by Gasteiger charge is 2.09. The van der Waals surface area contributed by atoms with E-state index in [-0.39, 0.29) is 11.4 Å². The zero-order valence-corrected chi connectivity index (χ0v) is 12.3. The average molecular weight is 329 g/mol. The van der Waals surface area contributed by atoms with E-state index < -0.39 is 17.5 Å². The molecule has 0 radical (unpaired) electrons. The summed E-state index contributed by atoms with van der Waals surface area (Å²) in [6, 6.07) is 7.98. The maximum absolute atomic E-state index is 13.4. The van der Waals surface area contributed by atoms with Crippen molar-refractivity contribution in [2.45, 2.75) is 4.90 Å². The molecule has 0 aliphatic carbocycles. The minimum absolute atomic E-state index is 0.0580. The lowest BCUT2D eigenvalue weighted by Crippen LogP contribution is -2.15. The summed E-state index contributed by atoms with van der Waals surface area (Å²) in [6.07, 6.45) is 0. The Kier molecular flexibility index (Phi) is 5.03. The lowest BCUT2D eigenvalue weighted by Gasteiger charge is -2.07. The van der Waals surface area contributed by atoms with Crippen molar-refractivity contribution in [2.75, 3.05) is 16.8 Å². The van der Waals surface area contributed by atoms with Crippen LogP contribution in [-0.4, -0.2) is 11.7 Å². The molecular weight excluding hydrogens is 318 g/mol. The van der Waals surface area contributed by atoms with Crippen LogP contribution in [-0.2, 0) is 4.79 Å². The highest BCUT2D eigenvalue weighted by Crippen LogP contribution is 2.26. The molecule has 0 fully saturated rings. The van der Waals surface area contributed by atoms with Gasteiger partial charge in [-0.3, -0.25) is 4.79 Å². The van der Waals surface area contributed by atoms with Crippen LogP contribution in [0.15, 0.2) is 41.3 Å². The van der Waals surface area contributed by atoms with Crippen molar-refractivity contribution in [2.24, 2.45) is 0 Å². The van der Waals surface area contributed by atoms with Crippen molar-refractivity contribution in [3.63, 3.8) is 0 Å². The Morgan fingerprint density at radius 1 is 1.24 bits per heavy atom. The van der Waals surface area contributed by atoms with Crippen LogP contribution in [0.3, 0.4) is 0 Å². The molecule has 3 nitrogen and oxygen atoms in total. The van der Waals surface area contributed by atoms with E-state index in [2.05, 4.69) is 5.32 Å². The number of benzene rings is 2. The Morgan fingerprint density at radius 2 is 2.00 bits per heavy atom. The van der Waals surface area contributed by atoms with E-state index in [4.69, 9.17) is 17.3 Å². The van der Waals surface area contributed by atoms with E-state index in [9.17, 15) is 13.6 Å². The predicted molar refractivity (Wildman–Crippen MR) is 81.6 cm³/mol. The van der Waals surface area contributed by atoms with E-state index in [1.165, 1.54) is 17.8 Å². The molecule has 21 heavy (non-hydrogen) atoms. The first-order valence-electron chi connectivity index (χ1n) is 5.88. The Morgan fingerprint density at radius 3 is 2.67 bits per heavy atom. The second-order valence-corrected chi connectivity index (χ2v) is 5.60. The Hall–Kier alpha value is -1.79. The summed E-state index contributed by atoms with van der Waals surface area (Å²) >= 11 is 7.10. The molecule has 2 rings (SSSR count). The molecule has 0 bridgehead atoms. The van der Waals surface area contributed by atoms with Crippen molar-refractivity contribution >= 4 is 40.6 Å². The predicted octanol–water partition coefficient (Wildman–Crippen LogP) is 3.93. The highest BCUT2D eigenvalue weighted by atomic mass is 35.5. The number of nitrogens with one attached hydrogen (secondary N) is 1. The molecule has 0 unspecified atom stereocenters. The van der Waals surface area contributed by atoms with Crippen LogP contribution in [0.4, 0.5) is 20.2 Å². The third kappa shape index (κ3) is 4.34. The van der Waals surface area contributed by atoms with Gasteiger partial charge in [-0.05, 0) is 30.3 Å². The quantitative estimate of drug-likeness (QED) is 0.660. The largest absolute Gasteiger partial charge is 0.398 e. The van der Waals surface area contributed by atoms with Gasteiger partial charge in [-0.15, -0.1) is 11.8 Å². The SMILES string of the molecule is Nc1ccc(SCC(=O)Nc2ccc(F)cc2F)cc1Cl. The standard InChI is InChI=1S/C14H11ClF2N2OS/c15-10-6-9(2-3-12(10)18)21-7-14(20)19-13-4-1-8(16)5-11(13)17/h1-6H,7,18H2,(H,19,20). The fourth-order valence-corrected chi connectivity index (χ4v) is 2.50. The van der Waals surface area contributed by atoms with Gasteiger partial charge in [-0.1, -0.05) is 11.6 Å². The van der Waals surface area contributed by atoms with E-state index in [1.54, 1.807) is 18.2 Å². The summed E-state index contributed by atoms with van der Waals surface area (Å²) in [5.41, 5.74) is 5.98. The molecule has 0 aliphatic rings. The third-order valence-electron chi connectivity index (χ3n) is 2.55. The zero-order chi connectivity index (χ0) is 15.4. The van der Waals surface area contributed by atoms with Gasteiger partial charge in [0.25, 0.3) is 0 Å². The van der Waals surface area contributed by atoms with Gasteiger partial charge in [0, 0.05) is 11.0 Å². The van der Waals surface area contributed by atoms with Crippen LogP contribution in [0, 0.1) is 11.6 Å². The Balaban J connectivity index is 1.94. The van der Waals surface area contributed by atoms with Gasteiger partial charge in [0.2, 0.25) is 5.91 Å². The number of carbonyl (C=O) groups excluding carboxylic acids is 1. The van der Waals surface area contributed by atoms with Crippen LogP contribution in [0.25, 0.3) is 0 Å². The molecule has 2 aromatic rings. The molecule has 0 aromatic heterocycles. The second-order valence-electron chi connectivity index (χ2n) is 4.14. The van der Waals surface area contributed by atoms with Gasteiger partial charge in [0.1, 0.15) is 11.6 Å². The molecule has 7 heteroatoms. The third-order valence-corrected chi connectivity index (χ3v) is 3.87. The van der Waals surface area contributed by atoms with Crippen LogP contribution in [0.2, 0.25) is 5.02 Å². The fourth-order valence-electron chi connectivity index (χ4n) is 1.52. The van der Waals surface area contributed by atoms with Gasteiger partial charge in [0.15, 0.2) is 0 Å². The summed E-state index contributed by atoms with van der Waals surface area (Å²) in [5, 5.41) is 2.78. The molecule has 1 amide bonds. The molecule has 110 valence electrons. The Bertz CT molecular complexity index is 682. The monoisotopic (exact) mass is 328 g/mol. The lowest BCUT2D eigenvalue weighted by molar-refractivity contribution is -0.113. The summed E-state index contributed by atoms with van der Waals surface area (Å²) in [5.74, 6) is -1.85. The minimum atomic E-state index is -0.816. The number of rotatable bonds is 4. The Labute approximate surface area is 129 Å². The van der Waals surface area contributed by atoms with Crippen LogP contribution in [0.5, 0.6) is 0 Å². The van der Waals surface area contributed by atoms with E-state index >= 15 is 0 Å². The molecule has 0 heterocycles. The van der Waals surface area contributed by atoms with Crippen LogP contribution >= 0.6 is 23.4 Å². The number of hydrogen-bond donors (Lipinski definition) is 2. The summed E-state index contributed by atoms with van der Waals surface area (Å²) in [6.45, 7) is 0. The van der Waals surface area contributed by atoms with Crippen molar-refractivity contribution in [3.8, 4) is 0 Å². The fraction of sp³-hybridized carbons (Fsp3) is 0.0714. The summed E-state index contributed by atoms with van der Waals surface area (Å²) in [4.78, 5) is 12.5. The molecule has 3 N–H and O–H groups in total. The molecule has 0 saturated carbocycles. The number of anilines is 2. The van der Waals surface area contributed by atoms with E-state index in [1.807, 2.05) is 0 Å². The molecular formula is C14H11ClF2N2OS. The molecule has 2 aromatic carbocycles. The molecule has 0 aliphatic heterocycles. The van der Waals surface area contributed by atoms with E-state index in [0.717, 1.165) is 11.0 Å². The van der Waals surface area contributed by atoms with E-state index in [0.29, 0.717) is 16.8 Å². The first-order valence-corrected chi connectivity index (χ1v) is 7.25. The number of carbonyl (C=O) groups is 1. The summed E-state index contributed by atoms with van der Waals surface area (Å²) in [7, 11) is 0. The minimum Gasteiger partial charge on any atom is -0.398 e. The van der Waals surface area contributed by atoms with Crippen molar-refractivity contribution in [1.29, 1.82) is 0 Å². The number of amides is 1. The maximum Gasteiger partial charge on any atom is 0.234 e. The van der Waals surface area contributed by atoms with Crippen LogP contribution in [0.1, 0.15) is 0 Å². The smallest absolute Gasteiger partial charge is 0.234 e. The molecule has 0 atom stereocenters. The number of hydrogen-bond acceptors (Lipinski definition) is 3. The first-order chi connectivity index (χ1) is 9.95.